The molecule has 0 radical (unpaired) electrons. The fraction of sp³-hybridized carbons (Fsp3) is 0.591. The summed E-state index contributed by atoms with van der Waals surface area (Å²) in [5.74, 6) is -1.13. The lowest BCUT2D eigenvalue weighted by molar-refractivity contribution is -0.147. The third-order valence-corrected chi connectivity index (χ3v) is 6.02. The molecule has 2 atom stereocenters. The van der Waals surface area contributed by atoms with Crippen molar-refractivity contribution in [1.82, 2.24) is 9.80 Å². The minimum Gasteiger partial charge on any atom is -0.481 e. The van der Waals surface area contributed by atoms with Crippen LogP contribution in [-0.2, 0) is 20.8 Å². The van der Waals surface area contributed by atoms with Crippen molar-refractivity contribution < 1.29 is 19.5 Å². The predicted molar refractivity (Wildman–Crippen MR) is 106 cm³/mol. The van der Waals surface area contributed by atoms with Gasteiger partial charge in [0.2, 0.25) is 11.8 Å². The second-order valence-corrected chi connectivity index (χ2v) is 7.94. The molecule has 1 aromatic rings. The van der Waals surface area contributed by atoms with Crippen molar-refractivity contribution in [2.24, 2.45) is 11.8 Å². The molecule has 6 nitrogen and oxygen atoms in total. The van der Waals surface area contributed by atoms with Gasteiger partial charge in [-0.2, -0.15) is 0 Å². The van der Waals surface area contributed by atoms with Crippen molar-refractivity contribution in [1.29, 1.82) is 0 Å². The molecule has 152 valence electrons. The Morgan fingerprint density at radius 1 is 0.929 bits per heavy atom. The van der Waals surface area contributed by atoms with Gasteiger partial charge >= 0.3 is 5.97 Å². The predicted octanol–water partition coefficient (Wildman–Crippen LogP) is 2.57. The highest BCUT2D eigenvalue weighted by Crippen LogP contribution is 2.30. The normalized spacial score (nSPS) is 22.7. The maximum Gasteiger partial charge on any atom is 0.306 e. The van der Waals surface area contributed by atoms with E-state index in [2.05, 4.69) is 12.1 Å². The van der Waals surface area contributed by atoms with Gasteiger partial charge in [-0.3, -0.25) is 14.4 Å². The molecule has 1 saturated heterocycles. The Kier molecular flexibility index (Phi) is 7.06. The molecule has 2 aliphatic rings. The van der Waals surface area contributed by atoms with Crippen LogP contribution in [0.3, 0.4) is 0 Å². The second kappa shape index (κ2) is 9.71. The van der Waals surface area contributed by atoms with Crippen LogP contribution in [0.15, 0.2) is 30.3 Å². The van der Waals surface area contributed by atoms with Crippen LogP contribution in [0.5, 0.6) is 0 Å². The number of rotatable bonds is 6. The summed E-state index contributed by atoms with van der Waals surface area (Å²) in [5.41, 5.74) is 1.25. The molecule has 2 unspecified atom stereocenters. The molecule has 2 fully saturated rings. The van der Waals surface area contributed by atoms with Crippen LogP contribution >= 0.6 is 0 Å². The lowest BCUT2D eigenvalue weighted by atomic mass is 9.80. The summed E-state index contributed by atoms with van der Waals surface area (Å²) in [6.45, 7) is 2.25. The van der Waals surface area contributed by atoms with Crippen molar-refractivity contribution in [2.45, 2.75) is 44.9 Å². The minimum absolute atomic E-state index is 0.0714. The van der Waals surface area contributed by atoms with Crippen molar-refractivity contribution >= 4 is 17.8 Å². The summed E-state index contributed by atoms with van der Waals surface area (Å²) in [6, 6.07) is 10.2. The molecule has 1 aromatic carbocycles. The van der Waals surface area contributed by atoms with E-state index in [0.29, 0.717) is 45.4 Å². The Bertz CT molecular complexity index is 683. The molecule has 1 saturated carbocycles. The van der Waals surface area contributed by atoms with Gasteiger partial charge in [0, 0.05) is 38.5 Å². The van der Waals surface area contributed by atoms with Gasteiger partial charge in [0.1, 0.15) is 0 Å². The third kappa shape index (κ3) is 5.33. The number of piperazine rings is 1. The van der Waals surface area contributed by atoms with Crippen molar-refractivity contribution in [2.75, 3.05) is 26.2 Å². The van der Waals surface area contributed by atoms with Gasteiger partial charge in [-0.15, -0.1) is 0 Å². The van der Waals surface area contributed by atoms with Crippen LogP contribution < -0.4 is 0 Å². The van der Waals surface area contributed by atoms with Crippen LogP contribution in [-0.4, -0.2) is 58.9 Å². The van der Waals surface area contributed by atoms with E-state index in [1.165, 1.54) is 5.56 Å². The summed E-state index contributed by atoms with van der Waals surface area (Å²) >= 11 is 0. The average Bonchev–Trinajstić information content (AvgIpc) is 2.74. The van der Waals surface area contributed by atoms with Gasteiger partial charge < -0.3 is 14.9 Å². The van der Waals surface area contributed by atoms with E-state index in [0.717, 1.165) is 25.7 Å². The Labute approximate surface area is 166 Å². The SMILES string of the molecule is O=C(O)C1CCCC(C(=O)N2CCN(C(=O)CCCc3ccccc3)CC2)C1. The number of amides is 2. The number of carbonyl (C=O) groups excluding carboxylic acids is 2. The topological polar surface area (TPSA) is 77.9 Å². The summed E-state index contributed by atoms with van der Waals surface area (Å²) in [7, 11) is 0. The zero-order valence-electron chi connectivity index (χ0n) is 16.4. The summed E-state index contributed by atoms with van der Waals surface area (Å²) in [5, 5.41) is 9.22. The molecule has 0 aromatic heterocycles. The smallest absolute Gasteiger partial charge is 0.306 e. The maximum atomic E-state index is 12.8. The van der Waals surface area contributed by atoms with Crippen molar-refractivity contribution in [3.63, 3.8) is 0 Å². The van der Waals surface area contributed by atoms with E-state index >= 15 is 0 Å². The molecule has 1 aliphatic heterocycles. The Morgan fingerprint density at radius 2 is 1.57 bits per heavy atom. The Morgan fingerprint density at radius 3 is 2.25 bits per heavy atom. The summed E-state index contributed by atoms with van der Waals surface area (Å²) < 4.78 is 0. The maximum absolute atomic E-state index is 12.8. The van der Waals surface area contributed by atoms with Gasteiger partial charge in [-0.1, -0.05) is 36.8 Å². The number of hydrogen-bond acceptors (Lipinski definition) is 3. The van der Waals surface area contributed by atoms with E-state index in [9.17, 15) is 19.5 Å². The molecule has 1 heterocycles. The van der Waals surface area contributed by atoms with Gasteiger partial charge in [0.25, 0.3) is 0 Å². The fourth-order valence-electron chi connectivity index (χ4n) is 4.32. The highest BCUT2D eigenvalue weighted by Gasteiger charge is 2.34. The van der Waals surface area contributed by atoms with Crippen LogP contribution in [0.25, 0.3) is 0 Å². The first-order valence-corrected chi connectivity index (χ1v) is 10.4. The number of carboxylic acids is 1. The van der Waals surface area contributed by atoms with Crippen LogP contribution in [0, 0.1) is 11.8 Å². The van der Waals surface area contributed by atoms with Crippen LogP contribution in [0.2, 0.25) is 0 Å². The van der Waals surface area contributed by atoms with E-state index in [4.69, 9.17) is 0 Å². The molecule has 0 bridgehead atoms. The Balaban J connectivity index is 1.40. The number of benzene rings is 1. The molecule has 2 amide bonds. The van der Waals surface area contributed by atoms with Crippen LogP contribution in [0.4, 0.5) is 0 Å². The number of aryl methyl sites for hydroxylation is 1. The number of carboxylic acid groups (broad SMARTS) is 1. The monoisotopic (exact) mass is 386 g/mol. The molecule has 0 spiro atoms. The van der Waals surface area contributed by atoms with E-state index in [-0.39, 0.29) is 17.7 Å². The first-order valence-electron chi connectivity index (χ1n) is 10.4. The van der Waals surface area contributed by atoms with Gasteiger partial charge in [-0.25, -0.2) is 0 Å². The largest absolute Gasteiger partial charge is 0.481 e. The first-order chi connectivity index (χ1) is 13.5. The summed E-state index contributed by atoms with van der Waals surface area (Å²) in [6.07, 6.45) is 4.97. The number of hydrogen-bond donors (Lipinski definition) is 1. The molecular weight excluding hydrogens is 356 g/mol. The van der Waals surface area contributed by atoms with E-state index in [1.54, 1.807) is 0 Å². The van der Waals surface area contributed by atoms with Crippen molar-refractivity contribution in [3.05, 3.63) is 35.9 Å². The molecule has 1 aliphatic carbocycles. The van der Waals surface area contributed by atoms with Crippen LogP contribution in [0.1, 0.15) is 44.1 Å². The summed E-state index contributed by atoms with van der Waals surface area (Å²) in [4.78, 5) is 40.1. The molecular formula is C22H30N2O4. The van der Waals surface area contributed by atoms with E-state index in [1.807, 2.05) is 28.0 Å². The average molecular weight is 386 g/mol. The highest BCUT2D eigenvalue weighted by atomic mass is 16.4. The fourth-order valence-corrected chi connectivity index (χ4v) is 4.32. The first kappa shape index (κ1) is 20.4. The standard InChI is InChI=1S/C22H30N2O4/c25-20(11-4-8-17-6-2-1-3-7-17)23-12-14-24(15-13-23)21(26)18-9-5-10-19(16-18)22(27)28/h1-3,6-7,18-19H,4-5,8-16H2,(H,27,28). The number of carbonyl (C=O) groups is 3. The molecule has 1 N–H and O–H groups in total. The highest BCUT2D eigenvalue weighted by molar-refractivity contribution is 5.81. The molecule has 28 heavy (non-hydrogen) atoms. The molecule has 3 rings (SSSR count). The second-order valence-electron chi connectivity index (χ2n) is 7.94. The van der Waals surface area contributed by atoms with Crippen molar-refractivity contribution in [3.8, 4) is 0 Å². The van der Waals surface area contributed by atoms with Gasteiger partial charge in [0.15, 0.2) is 0 Å². The van der Waals surface area contributed by atoms with Gasteiger partial charge in [-0.05, 0) is 37.7 Å². The van der Waals surface area contributed by atoms with E-state index < -0.39 is 11.9 Å². The lowest BCUT2D eigenvalue weighted by Gasteiger charge is -2.37. The third-order valence-electron chi connectivity index (χ3n) is 6.02. The number of aliphatic carboxylic acids is 1. The zero-order chi connectivity index (χ0) is 19.9. The van der Waals surface area contributed by atoms with Gasteiger partial charge in [0.05, 0.1) is 5.92 Å². The quantitative estimate of drug-likeness (QED) is 0.815. The zero-order valence-corrected chi connectivity index (χ0v) is 16.4. The lowest BCUT2D eigenvalue weighted by Crippen LogP contribution is -2.52. The molecule has 6 heteroatoms. The Hall–Kier alpha value is -2.37. The minimum atomic E-state index is -0.789. The number of nitrogens with zero attached hydrogens (tertiary/aromatic N) is 2.